The predicted molar refractivity (Wildman–Crippen MR) is 47.9 cm³/mol. The SMILES string of the molecule is CO/N=C(/C)CCCN(C)C. The Hall–Kier alpha value is -0.570. The van der Waals surface area contributed by atoms with Crippen molar-refractivity contribution in [2.24, 2.45) is 5.16 Å². The van der Waals surface area contributed by atoms with E-state index in [1.807, 2.05) is 6.92 Å². The Morgan fingerprint density at radius 3 is 2.55 bits per heavy atom. The minimum atomic E-state index is 1.02. The van der Waals surface area contributed by atoms with Crippen molar-refractivity contribution in [3.63, 3.8) is 0 Å². The molecule has 0 spiro atoms. The van der Waals surface area contributed by atoms with E-state index < -0.39 is 0 Å². The molecule has 0 amide bonds. The third kappa shape index (κ3) is 7.33. The van der Waals surface area contributed by atoms with Gasteiger partial charge in [-0.3, -0.25) is 0 Å². The first-order valence-corrected chi connectivity index (χ1v) is 3.88. The van der Waals surface area contributed by atoms with E-state index in [9.17, 15) is 0 Å². The Kier molecular flexibility index (Phi) is 5.84. The van der Waals surface area contributed by atoms with Gasteiger partial charge < -0.3 is 9.74 Å². The molecule has 0 radical (unpaired) electrons. The van der Waals surface area contributed by atoms with Crippen LogP contribution < -0.4 is 0 Å². The topological polar surface area (TPSA) is 24.8 Å². The number of rotatable bonds is 5. The van der Waals surface area contributed by atoms with Crippen molar-refractivity contribution in [3.8, 4) is 0 Å². The maximum Gasteiger partial charge on any atom is 0.106 e. The van der Waals surface area contributed by atoms with Crippen LogP contribution in [-0.4, -0.2) is 38.4 Å². The van der Waals surface area contributed by atoms with Gasteiger partial charge in [-0.2, -0.15) is 0 Å². The van der Waals surface area contributed by atoms with Gasteiger partial charge in [0, 0.05) is 0 Å². The highest BCUT2D eigenvalue weighted by molar-refractivity contribution is 5.81. The third-order valence-corrected chi connectivity index (χ3v) is 1.39. The number of nitrogens with zero attached hydrogens (tertiary/aromatic N) is 2. The van der Waals surface area contributed by atoms with Gasteiger partial charge in [-0.1, -0.05) is 5.16 Å². The van der Waals surface area contributed by atoms with Crippen LogP contribution in [0, 0.1) is 0 Å². The van der Waals surface area contributed by atoms with Crippen molar-refractivity contribution in [1.29, 1.82) is 0 Å². The zero-order valence-electron chi connectivity index (χ0n) is 7.92. The maximum atomic E-state index is 4.64. The molecule has 0 aliphatic rings. The molecule has 3 heteroatoms. The zero-order chi connectivity index (χ0) is 8.69. The first-order chi connectivity index (χ1) is 5.16. The number of oxime groups is 1. The highest BCUT2D eigenvalue weighted by atomic mass is 16.6. The molecular formula is C8H18N2O. The fourth-order valence-electron chi connectivity index (χ4n) is 0.853. The molecule has 0 fully saturated rings. The van der Waals surface area contributed by atoms with Crippen LogP contribution in [-0.2, 0) is 4.84 Å². The molecule has 0 aliphatic carbocycles. The quantitative estimate of drug-likeness (QED) is 0.445. The van der Waals surface area contributed by atoms with Crippen LogP contribution in [0.25, 0.3) is 0 Å². The Bertz CT molecular complexity index is 121. The summed E-state index contributed by atoms with van der Waals surface area (Å²) in [5.41, 5.74) is 1.06. The van der Waals surface area contributed by atoms with E-state index in [1.54, 1.807) is 7.11 Å². The Balaban J connectivity index is 3.31. The van der Waals surface area contributed by atoms with Crippen molar-refractivity contribution in [3.05, 3.63) is 0 Å². The average molecular weight is 158 g/mol. The lowest BCUT2D eigenvalue weighted by Crippen LogP contribution is -2.13. The van der Waals surface area contributed by atoms with Crippen LogP contribution >= 0.6 is 0 Å². The Morgan fingerprint density at radius 2 is 2.09 bits per heavy atom. The summed E-state index contributed by atoms with van der Waals surface area (Å²) in [6, 6.07) is 0. The van der Waals surface area contributed by atoms with E-state index in [2.05, 4.69) is 29.0 Å². The van der Waals surface area contributed by atoms with E-state index >= 15 is 0 Å². The lowest BCUT2D eigenvalue weighted by atomic mass is 10.2. The van der Waals surface area contributed by atoms with Crippen molar-refractivity contribution in [2.75, 3.05) is 27.7 Å². The number of hydrogen-bond acceptors (Lipinski definition) is 3. The van der Waals surface area contributed by atoms with Gasteiger partial charge in [0.25, 0.3) is 0 Å². The molecule has 0 aromatic rings. The van der Waals surface area contributed by atoms with E-state index in [0.29, 0.717) is 0 Å². The van der Waals surface area contributed by atoms with Crippen LogP contribution in [0.3, 0.4) is 0 Å². The average Bonchev–Trinajstić information content (AvgIpc) is 1.87. The van der Waals surface area contributed by atoms with Gasteiger partial charge in [0.05, 0.1) is 5.71 Å². The lowest BCUT2D eigenvalue weighted by Gasteiger charge is -2.07. The second-order valence-corrected chi connectivity index (χ2v) is 2.92. The summed E-state index contributed by atoms with van der Waals surface area (Å²) >= 11 is 0. The standard InChI is InChI=1S/C8H18N2O/c1-8(9-11-4)6-5-7-10(2)3/h5-7H2,1-4H3/b9-8-. The van der Waals surface area contributed by atoms with Gasteiger partial charge in [0.2, 0.25) is 0 Å². The molecule has 3 nitrogen and oxygen atoms in total. The van der Waals surface area contributed by atoms with Crippen molar-refractivity contribution in [1.82, 2.24) is 4.90 Å². The molecule has 0 unspecified atom stereocenters. The molecular weight excluding hydrogens is 140 g/mol. The predicted octanol–water partition coefficient (Wildman–Crippen LogP) is 1.35. The van der Waals surface area contributed by atoms with Crippen molar-refractivity contribution < 1.29 is 4.84 Å². The minimum absolute atomic E-state index is 1.02. The summed E-state index contributed by atoms with van der Waals surface area (Å²) in [5, 5.41) is 3.82. The minimum Gasteiger partial charge on any atom is -0.399 e. The summed E-state index contributed by atoms with van der Waals surface area (Å²) < 4.78 is 0. The van der Waals surface area contributed by atoms with Crippen LogP contribution in [0.2, 0.25) is 0 Å². The molecule has 0 aliphatic heterocycles. The van der Waals surface area contributed by atoms with Gasteiger partial charge in [-0.05, 0) is 40.4 Å². The number of hydrogen-bond donors (Lipinski definition) is 0. The van der Waals surface area contributed by atoms with Crippen LogP contribution in [0.5, 0.6) is 0 Å². The largest absolute Gasteiger partial charge is 0.399 e. The van der Waals surface area contributed by atoms with E-state index in [0.717, 1.165) is 25.1 Å². The van der Waals surface area contributed by atoms with Crippen LogP contribution in [0.4, 0.5) is 0 Å². The molecule has 0 N–H and O–H groups in total. The highest BCUT2D eigenvalue weighted by Gasteiger charge is 1.93. The van der Waals surface area contributed by atoms with Gasteiger partial charge in [0.15, 0.2) is 0 Å². The zero-order valence-corrected chi connectivity index (χ0v) is 7.92. The smallest absolute Gasteiger partial charge is 0.106 e. The van der Waals surface area contributed by atoms with Gasteiger partial charge in [-0.25, -0.2) is 0 Å². The summed E-state index contributed by atoms with van der Waals surface area (Å²) in [6.45, 7) is 3.09. The second kappa shape index (κ2) is 6.16. The molecule has 0 rings (SSSR count). The van der Waals surface area contributed by atoms with Crippen molar-refractivity contribution in [2.45, 2.75) is 19.8 Å². The third-order valence-electron chi connectivity index (χ3n) is 1.39. The molecule has 66 valence electrons. The van der Waals surface area contributed by atoms with E-state index in [-0.39, 0.29) is 0 Å². The van der Waals surface area contributed by atoms with Crippen molar-refractivity contribution >= 4 is 5.71 Å². The van der Waals surface area contributed by atoms with Crippen LogP contribution in [0.15, 0.2) is 5.16 Å². The van der Waals surface area contributed by atoms with Gasteiger partial charge in [-0.15, -0.1) is 0 Å². The lowest BCUT2D eigenvalue weighted by molar-refractivity contribution is 0.212. The summed E-state index contributed by atoms with van der Waals surface area (Å²) in [7, 11) is 5.72. The first kappa shape index (κ1) is 10.4. The first-order valence-electron chi connectivity index (χ1n) is 3.88. The molecule has 0 saturated heterocycles. The normalized spacial score (nSPS) is 12.3. The van der Waals surface area contributed by atoms with Crippen LogP contribution in [0.1, 0.15) is 19.8 Å². The summed E-state index contributed by atoms with van der Waals surface area (Å²) in [6.07, 6.45) is 2.16. The molecule has 0 bridgehead atoms. The summed E-state index contributed by atoms with van der Waals surface area (Å²) in [4.78, 5) is 6.80. The summed E-state index contributed by atoms with van der Waals surface area (Å²) in [5.74, 6) is 0. The molecule has 0 atom stereocenters. The van der Waals surface area contributed by atoms with E-state index in [1.165, 1.54) is 0 Å². The fraction of sp³-hybridized carbons (Fsp3) is 0.875. The highest BCUT2D eigenvalue weighted by Crippen LogP contribution is 1.94. The maximum absolute atomic E-state index is 4.64. The molecule has 0 saturated carbocycles. The molecule has 0 aromatic heterocycles. The Morgan fingerprint density at radius 1 is 1.45 bits per heavy atom. The Labute approximate surface area is 69.0 Å². The van der Waals surface area contributed by atoms with Gasteiger partial charge in [0.1, 0.15) is 7.11 Å². The fourth-order valence-corrected chi connectivity index (χ4v) is 0.853. The monoisotopic (exact) mass is 158 g/mol. The molecule has 11 heavy (non-hydrogen) atoms. The molecule has 0 aromatic carbocycles. The second-order valence-electron chi connectivity index (χ2n) is 2.92. The van der Waals surface area contributed by atoms with E-state index in [4.69, 9.17) is 0 Å². The van der Waals surface area contributed by atoms with Gasteiger partial charge >= 0.3 is 0 Å². The molecule has 0 heterocycles.